The van der Waals surface area contributed by atoms with Crippen LogP contribution in [0, 0.1) is 5.21 Å². The molecule has 2 atom stereocenters. The second kappa shape index (κ2) is 5.00. The van der Waals surface area contributed by atoms with Crippen molar-refractivity contribution in [2.75, 3.05) is 0 Å². The fraction of sp³-hybridized carbons (Fsp3) is 0.583. The minimum atomic E-state index is -0.811. The Balaban J connectivity index is 3.06. The van der Waals surface area contributed by atoms with Gasteiger partial charge in [-0.1, -0.05) is 0 Å². The van der Waals surface area contributed by atoms with Crippen molar-refractivity contribution in [1.82, 2.24) is 5.06 Å². The van der Waals surface area contributed by atoms with E-state index in [1.807, 2.05) is 0 Å². The van der Waals surface area contributed by atoms with Crippen molar-refractivity contribution in [3.05, 3.63) is 35.3 Å². The summed E-state index contributed by atoms with van der Waals surface area (Å²) in [6.07, 6.45) is 1.83. The van der Waals surface area contributed by atoms with Gasteiger partial charge in [0.1, 0.15) is 0 Å². The molecule has 1 heterocycles. The van der Waals surface area contributed by atoms with Gasteiger partial charge in [0, 0.05) is 17.7 Å². The van der Waals surface area contributed by atoms with E-state index in [4.69, 9.17) is 0 Å². The fourth-order valence-corrected chi connectivity index (χ4v) is 1.65. The fourth-order valence-electron chi connectivity index (χ4n) is 1.65. The Labute approximate surface area is 101 Å². The van der Waals surface area contributed by atoms with E-state index >= 15 is 0 Å². The summed E-state index contributed by atoms with van der Waals surface area (Å²) < 4.78 is 0.648. The van der Waals surface area contributed by atoms with Crippen LogP contribution in [0.3, 0.4) is 0 Å². The van der Waals surface area contributed by atoms with Gasteiger partial charge in [-0.25, -0.2) is 0 Å². The first-order chi connectivity index (χ1) is 7.73. The maximum absolute atomic E-state index is 12.2. The first-order valence-corrected chi connectivity index (χ1v) is 5.56. The molecule has 95 valence electrons. The summed E-state index contributed by atoms with van der Waals surface area (Å²) >= 11 is 0. The minimum absolute atomic E-state index is 0.606. The molecule has 5 heteroatoms. The van der Waals surface area contributed by atoms with Gasteiger partial charge in [-0.15, -0.1) is 10.3 Å². The molecule has 1 aromatic heterocycles. The van der Waals surface area contributed by atoms with Gasteiger partial charge in [0.05, 0.1) is 12.1 Å². The topological polar surface area (TPSA) is 70.3 Å². The van der Waals surface area contributed by atoms with E-state index in [9.17, 15) is 15.5 Å². The Hall–Kier alpha value is -1.17. The predicted molar refractivity (Wildman–Crippen MR) is 62.1 cm³/mol. The summed E-state index contributed by atoms with van der Waals surface area (Å²) in [5.41, 5.74) is 0.0299. The van der Waals surface area contributed by atoms with Gasteiger partial charge >= 0.3 is 0 Å². The highest BCUT2D eigenvalue weighted by molar-refractivity contribution is 5.15. The van der Waals surface area contributed by atoms with Crippen molar-refractivity contribution >= 4 is 0 Å². The van der Waals surface area contributed by atoms with Crippen LogP contribution in [0.5, 0.6) is 0 Å². The van der Waals surface area contributed by atoms with Crippen LogP contribution in [-0.4, -0.2) is 21.8 Å². The molecule has 0 aliphatic rings. The Morgan fingerprint density at radius 2 is 1.82 bits per heavy atom. The van der Waals surface area contributed by atoms with Crippen molar-refractivity contribution in [2.45, 2.75) is 45.4 Å². The first kappa shape index (κ1) is 13.9. The summed E-state index contributed by atoms with van der Waals surface area (Å²) in [5, 5.41) is 33.7. The number of aliphatic hydroxyl groups excluding tert-OH is 1. The van der Waals surface area contributed by atoms with Gasteiger partial charge < -0.3 is 10.3 Å². The molecule has 1 aromatic rings. The van der Waals surface area contributed by atoms with Crippen LogP contribution < -0.4 is 4.73 Å². The Bertz CT molecular complexity index is 357. The van der Waals surface area contributed by atoms with Crippen LogP contribution in [-0.2, 0) is 5.21 Å². The highest BCUT2D eigenvalue weighted by Crippen LogP contribution is 2.28. The van der Waals surface area contributed by atoms with Crippen molar-refractivity contribution in [3.8, 4) is 0 Å². The number of aliphatic hydroxyl groups is 1. The van der Waals surface area contributed by atoms with Crippen molar-refractivity contribution < 1.29 is 15.0 Å². The van der Waals surface area contributed by atoms with Crippen molar-refractivity contribution in [1.29, 1.82) is 0 Å². The number of rotatable bonds is 3. The molecular weight excluding hydrogens is 220 g/mol. The van der Waals surface area contributed by atoms with E-state index in [0.717, 1.165) is 5.06 Å². The molecule has 0 aliphatic heterocycles. The number of hydrogen-bond donors (Lipinski definition) is 1. The van der Waals surface area contributed by atoms with E-state index in [1.54, 1.807) is 39.8 Å². The summed E-state index contributed by atoms with van der Waals surface area (Å²) in [6.45, 7) is 6.92. The molecule has 0 aliphatic carbocycles. The zero-order chi connectivity index (χ0) is 13.2. The predicted octanol–water partition coefficient (Wildman–Crippen LogP) is 1.19. The lowest BCUT2D eigenvalue weighted by atomic mass is 9.98. The van der Waals surface area contributed by atoms with E-state index in [0.29, 0.717) is 10.3 Å². The van der Waals surface area contributed by atoms with E-state index in [-0.39, 0.29) is 0 Å². The summed E-state index contributed by atoms with van der Waals surface area (Å²) in [7, 11) is 0. The molecule has 2 unspecified atom stereocenters. The van der Waals surface area contributed by atoms with Crippen LogP contribution in [0.15, 0.2) is 24.5 Å². The highest BCUT2D eigenvalue weighted by atomic mass is 16.5. The lowest BCUT2D eigenvalue weighted by Crippen LogP contribution is -2.44. The maximum atomic E-state index is 12.2. The largest absolute Gasteiger partial charge is 0.619 e. The molecule has 0 amide bonds. The second-order valence-electron chi connectivity index (χ2n) is 5.17. The van der Waals surface area contributed by atoms with Gasteiger partial charge in [0.15, 0.2) is 12.4 Å². The van der Waals surface area contributed by atoms with Crippen LogP contribution in [0.25, 0.3) is 0 Å². The summed E-state index contributed by atoms with van der Waals surface area (Å²) in [4.78, 5) is 0. The first-order valence-electron chi connectivity index (χ1n) is 5.56. The van der Waals surface area contributed by atoms with E-state index < -0.39 is 17.7 Å². The lowest BCUT2D eigenvalue weighted by Gasteiger charge is -2.35. The Morgan fingerprint density at radius 3 is 2.18 bits per heavy atom. The van der Waals surface area contributed by atoms with Gasteiger partial charge in [-0.3, -0.25) is 0 Å². The van der Waals surface area contributed by atoms with Crippen molar-refractivity contribution in [3.63, 3.8) is 0 Å². The molecule has 0 bridgehead atoms. The van der Waals surface area contributed by atoms with Crippen molar-refractivity contribution in [2.24, 2.45) is 0 Å². The minimum Gasteiger partial charge on any atom is -0.619 e. The molecule has 17 heavy (non-hydrogen) atoms. The highest BCUT2D eigenvalue weighted by Gasteiger charge is 2.33. The molecule has 5 nitrogen and oxygen atoms in total. The van der Waals surface area contributed by atoms with Crippen LogP contribution in [0.4, 0.5) is 0 Å². The third-order valence-electron chi connectivity index (χ3n) is 2.54. The Kier molecular flexibility index (Phi) is 4.08. The molecule has 1 N–H and O–H groups in total. The van der Waals surface area contributed by atoms with Crippen LogP contribution in [0.2, 0.25) is 0 Å². The molecule has 1 rings (SSSR count). The molecule has 0 saturated heterocycles. The molecule has 0 spiro atoms. The molecule has 0 saturated carbocycles. The van der Waals surface area contributed by atoms with E-state index in [2.05, 4.69) is 0 Å². The molecule has 0 fully saturated rings. The standard InChI is InChI=1S/C12H19N2O3/c1-9(15)11(14(17)12(2,3)4)10-5-7-13(16)8-6-10/h5-9,11,15H,1-4H3. The van der Waals surface area contributed by atoms with Crippen LogP contribution in [0.1, 0.15) is 39.3 Å². The number of hydroxylamine groups is 2. The second-order valence-corrected chi connectivity index (χ2v) is 5.17. The van der Waals surface area contributed by atoms with Gasteiger partial charge in [-0.2, -0.15) is 4.73 Å². The number of nitrogens with zero attached hydrogens (tertiary/aromatic N) is 2. The van der Waals surface area contributed by atoms with Gasteiger partial charge in [0.25, 0.3) is 0 Å². The third kappa shape index (κ3) is 3.39. The molecule has 0 aromatic carbocycles. The number of aromatic nitrogens is 1. The van der Waals surface area contributed by atoms with E-state index in [1.165, 1.54) is 12.4 Å². The quantitative estimate of drug-likeness (QED) is 0.489. The summed E-state index contributed by atoms with van der Waals surface area (Å²) in [6, 6.07) is 2.44. The smallest absolute Gasteiger partial charge is 0.180 e. The zero-order valence-corrected chi connectivity index (χ0v) is 10.6. The molecular formula is C12H19N2O3. The zero-order valence-electron chi connectivity index (χ0n) is 10.6. The SMILES string of the molecule is CC(O)C(c1cc[n+]([O-])cc1)N([O])C(C)(C)C. The normalized spacial score (nSPS) is 15.9. The molecule has 1 radical (unpaired) electrons. The average molecular weight is 239 g/mol. The lowest BCUT2D eigenvalue weighted by molar-refractivity contribution is -0.605. The number of pyridine rings is 1. The van der Waals surface area contributed by atoms with Crippen LogP contribution >= 0.6 is 0 Å². The maximum Gasteiger partial charge on any atom is 0.180 e. The third-order valence-corrected chi connectivity index (χ3v) is 2.54. The Morgan fingerprint density at radius 1 is 1.35 bits per heavy atom. The van der Waals surface area contributed by atoms with Gasteiger partial charge in [-0.05, 0) is 33.3 Å². The average Bonchev–Trinajstić information content (AvgIpc) is 2.19. The summed E-state index contributed by atoms with van der Waals surface area (Å²) in [5.74, 6) is 0. The number of hydrogen-bond acceptors (Lipinski definition) is 3. The monoisotopic (exact) mass is 239 g/mol. The van der Waals surface area contributed by atoms with Gasteiger partial charge in [0.2, 0.25) is 0 Å².